The molecule has 4 aromatic rings. The number of aromatic nitrogens is 1. The first-order valence-electron chi connectivity index (χ1n) is 10.2. The third-order valence-electron chi connectivity index (χ3n) is 5.12. The number of benzene rings is 3. The number of ether oxygens (including phenoxy) is 1. The van der Waals surface area contributed by atoms with E-state index in [2.05, 4.69) is 10.2 Å². The zero-order valence-corrected chi connectivity index (χ0v) is 17.6. The Kier molecular flexibility index (Phi) is 5.37. The van der Waals surface area contributed by atoms with E-state index in [9.17, 15) is 4.79 Å². The van der Waals surface area contributed by atoms with Crippen molar-refractivity contribution in [2.24, 2.45) is 0 Å². The molecule has 5 nitrogen and oxygen atoms in total. The summed E-state index contributed by atoms with van der Waals surface area (Å²) < 4.78 is 5.79. The van der Waals surface area contributed by atoms with Crippen molar-refractivity contribution >= 4 is 28.1 Å². The van der Waals surface area contributed by atoms with Gasteiger partial charge in [0.1, 0.15) is 17.2 Å². The molecule has 31 heavy (non-hydrogen) atoms. The molecule has 0 radical (unpaired) electrons. The molecule has 2 heterocycles. The molecule has 1 aromatic heterocycles. The van der Waals surface area contributed by atoms with Crippen molar-refractivity contribution in [3.63, 3.8) is 0 Å². The van der Waals surface area contributed by atoms with Gasteiger partial charge in [0.25, 0.3) is 5.91 Å². The van der Waals surface area contributed by atoms with E-state index in [0.29, 0.717) is 30.3 Å². The van der Waals surface area contributed by atoms with Gasteiger partial charge in [-0.3, -0.25) is 4.79 Å². The maximum absolute atomic E-state index is 13.2. The standard InChI is InChI=1S/C25H21N3O2S/c29-24(26-17-18-9-3-1-4-10-18)23-22(19-11-5-2-6-12-19)27-25(31-23)28-15-16-30-21-14-8-7-13-20(21)28/h1-14H,15-17H2,(H,26,29). The fourth-order valence-corrected chi connectivity index (χ4v) is 4.64. The Bertz CT molecular complexity index is 1190. The summed E-state index contributed by atoms with van der Waals surface area (Å²) in [5.74, 6) is 0.716. The molecule has 1 aliphatic rings. The minimum absolute atomic E-state index is 0.118. The number of thiazole rings is 1. The van der Waals surface area contributed by atoms with Gasteiger partial charge in [-0.05, 0) is 17.7 Å². The Hall–Kier alpha value is -3.64. The van der Waals surface area contributed by atoms with E-state index in [0.717, 1.165) is 27.7 Å². The number of anilines is 2. The summed E-state index contributed by atoms with van der Waals surface area (Å²) in [6.45, 7) is 1.73. The zero-order chi connectivity index (χ0) is 21.0. The average molecular weight is 428 g/mol. The second-order valence-electron chi connectivity index (χ2n) is 7.18. The Morgan fingerprint density at radius 2 is 1.68 bits per heavy atom. The lowest BCUT2D eigenvalue weighted by Crippen LogP contribution is -2.28. The molecule has 1 aliphatic heterocycles. The van der Waals surface area contributed by atoms with E-state index in [-0.39, 0.29) is 5.91 Å². The largest absolute Gasteiger partial charge is 0.490 e. The summed E-state index contributed by atoms with van der Waals surface area (Å²) in [6.07, 6.45) is 0. The lowest BCUT2D eigenvalue weighted by molar-refractivity contribution is 0.0955. The van der Waals surface area contributed by atoms with Crippen LogP contribution >= 0.6 is 11.3 Å². The predicted molar refractivity (Wildman–Crippen MR) is 124 cm³/mol. The fraction of sp³-hybridized carbons (Fsp3) is 0.120. The number of amides is 1. The van der Waals surface area contributed by atoms with Crippen molar-refractivity contribution in [1.29, 1.82) is 0 Å². The van der Waals surface area contributed by atoms with Crippen LogP contribution in [0, 0.1) is 0 Å². The molecular weight excluding hydrogens is 406 g/mol. The van der Waals surface area contributed by atoms with Crippen LogP contribution in [-0.2, 0) is 6.54 Å². The molecule has 0 spiro atoms. The number of hydrogen-bond donors (Lipinski definition) is 1. The van der Waals surface area contributed by atoms with Crippen molar-refractivity contribution < 1.29 is 9.53 Å². The third kappa shape index (κ3) is 4.02. The maximum atomic E-state index is 13.2. The third-order valence-corrected chi connectivity index (χ3v) is 6.20. The highest BCUT2D eigenvalue weighted by Gasteiger charge is 2.26. The van der Waals surface area contributed by atoms with Gasteiger partial charge < -0.3 is 15.0 Å². The first kappa shape index (κ1) is 19.3. The van der Waals surface area contributed by atoms with E-state index in [1.165, 1.54) is 11.3 Å². The monoisotopic (exact) mass is 427 g/mol. The van der Waals surface area contributed by atoms with Gasteiger partial charge in [0, 0.05) is 12.1 Å². The molecule has 0 bridgehead atoms. The summed E-state index contributed by atoms with van der Waals surface area (Å²) in [5, 5.41) is 3.84. The van der Waals surface area contributed by atoms with Crippen LogP contribution in [0.5, 0.6) is 5.75 Å². The Labute approximate surface area is 185 Å². The molecule has 0 saturated heterocycles. The van der Waals surface area contributed by atoms with Gasteiger partial charge in [-0.1, -0.05) is 84.1 Å². The van der Waals surface area contributed by atoms with E-state index in [4.69, 9.17) is 9.72 Å². The van der Waals surface area contributed by atoms with Crippen molar-refractivity contribution in [2.75, 3.05) is 18.1 Å². The molecule has 3 aromatic carbocycles. The highest BCUT2D eigenvalue weighted by Crippen LogP contribution is 2.40. The average Bonchev–Trinajstić information content (AvgIpc) is 3.29. The number of fused-ring (bicyclic) bond motifs is 1. The quantitative estimate of drug-likeness (QED) is 0.471. The highest BCUT2D eigenvalue weighted by atomic mass is 32.1. The minimum atomic E-state index is -0.118. The Balaban J connectivity index is 1.50. The smallest absolute Gasteiger partial charge is 0.264 e. The van der Waals surface area contributed by atoms with Gasteiger partial charge in [-0.25, -0.2) is 4.98 Å². The molecule has 154 valence electrons. The molecule has 1 amide bonds. The molecule has 1 N–H and O–H groups in total. The van der Waals surface area contributed by atoms with Crippen LogP contribution < -0.4 is 15.0 Å². The zero-order valence-electron chi connectivity index (χ0n) is 16.8. The first-order chi connectivity index (χ1) is 15.3. The van der Waals surface area contributed by atoms with Crippen LogP contribution in [0.15, 0.2) is 84.9 Å². The van der Waals surface area contributed by atoms with E-state index >= 15 is 0 Å². The number of para-hydroxylation sites is 2. The fourth-order valence-electron chi connectivity index (χ4n) is 3.60. The molecule has 0 saturated carbocycles. The number of hydrogen-bond acceptors (Lipinski definition) is 5. The molecule has 5 rings (SSSR count). The predicted octanol–water partition coefficient (Wildman–Crippen LogP) is 5.27. The Morgan fingerprint density at radius 3 is 2.48 bits per heavy atom. The number of nitrogens with zero attached hydrogens (tertiary/aromatic N) is 2. The lowest BCUT2D eigenvalue weighted by Gasteiger charge is -2.28. The van der Waals surface area contributed by atoms with Crippen molar-refractivity contribution in [2.45, 2.75) is 6.54 Å². The van der Waals surface area contributed by atoms with E-state index in [1.807, 2.05) is 84.9 Å². The lowest BCUT2D eigenvalue weighted by atomic mass is 10.1. The van der Waals surface area contributed by atoms with Gasteiger partial charge in [-0.2, -0.15) is 0 Å². The summed E-state index contributed by atoms with van der Waals surface area (Å²) in [5.41, 5.74) is 3.66. The molecule has 0 fully saturated rings. The van der Waals surface area contributed by atoms with Gasteiger partial charge in [-0.15, -0.1) is 0 Å². The highest BCUT2D eigenvalue weighted by molar-refractivity contribution is 7.18. The van der Waals surface area contributed by atoms with E-state index in [1.54, 1.807) is 0 Å². The normalized spacial score (nSPS) is 12.7. The van der Waals surface area contributed by atoms with E-state index < -0.39 is 0 Å². The van der Waals surface area contributed by atoms with Crippen molar-refractivity contribution in [1.82, 2.24) is 10.3 Å². The number of carbonyl (C=O) groups is 1. The molecule has 6 heteroatoms. The maximum Gasteiger partial charge on any atom is 0.264 e. The molecule has 0 atom stereocenters. The molecular formula is C25H21N3O2S. The number of nitrogens with one attached hydrogen (secondary N) is 1. The van der Waals surface area contributed by atoms with Gasteiger partial charge >= 0.3 is 0 Å². The van der Waals surface area contributed by atoms with Crippen molar-refractivity contribution in [3.05, 3.63) is 95.4 Å². The van der Waals surface area contributed by atoms with Crippen LogP contribution in [0.1, 0.15) is 15.2 Å². The SMILES string of the molecule is O=C(NCc1ccccc1)c1sc(N2CCOc3ccccc32)nc1-c1ccccc1. The van der Waals surface area contributed by atoms with Crippen LogP contribution in [0.4, 0.5) is 10.8 Å². The number of rotatable bonds is 5. The van der Waals surface area contributed by atoms with Crippen LogP contribution in [0.3, 0.4) is 0 Å². The molecule has 0 aliphatic carbocycles. The van der Waals surface area contributed by atoms with Crippen LogP contribution in [0.25, 0.3) is 11.3 Å². The topological polar surface area (TPSA) is 54.5 Å². The Morgan fingerprint density at radius 1 is 0.968 bits per heavy atom. The summed E-state index contributed by atoms with van der Waals surface area (Å²) >= 11 is 1.41. The van der Waals surface area contributed by atoms with Crippen LogP contribution in [-0.4, -0.2) is 24.0 Å². The molecule has 0 unspecified atom stereocenters. The van der Waals surface area contributed by atoms with Crippen LogP contribution in [0.2, 0.25) is 0 Å². The van der Waals surface area contributed by atoms with Gasteiger partial charge in [0.15, 0.2) is 5.13 Å². The number of carbonyl (C=O) groups excluding carboxylic acids is 1. The minimum Gasteiger partial charge on any atom is -0.490 e. The summed E-state index contributed by atoms with van der Waals surface area (Å²) in [4.78, 5) is 20.8. The van der Waals surface area contributed by atoms with Crippen molar-refractivity contribution in [3.8, 4) is 17.0 Å². The summed E-state index contributed by atoms with van der Waals surface area (Å²) in [6, 6.07) is 27.7. The second-order valence-corrected chi connectivity index (χ2v) is 8.15. The van der Waals surface area contributed by atoms with Gasteiger partial charge in [0.2, 0.25) is 0 Å². The summed E-state index contributed by atoms with van der Waals surface area (Å²) in [7, 11) is 0. The first-order valence-corrected chi connectivity index (χ1v) is 11.0. The second kappa shape index (κ2) is 8.62. The van der Waals surface area contributed by atoms with Gasteiger partial charge in [0.05, 0.1) is 17.9 Å².